The van der Waals surface area contributed by atoms with Crippen LogP contribution < -0.4 is 10.1 Å². The van der Waals surface area contributed by atoms with E-state index in [9.17, 15) is 0 Å². The molecular formula is C15H21N3O2. The minimum Gasteiger partial charge on any atom is -0.496 e. The Morgan fingerprint density at radius 2 is 2.05 bits per heavy atom. The lowest BCUT2D eigenvalue weighted by molar-refractivity contribution is 0.336. The van der Waals surface area contributed by atoms with Crippen molar-refractivity contribution in [3.05, 3.63) is 29.7 Å². The molecular weight excluding hydrogens is 254 g/mol. The van der Waals surface area contributed by atoms with Crippen molar-refractivity contribution < 1.29 is 9.26 Å². The van der Waals surface area contributed by atoms with Crippen molar-refractivity contribution in [2.75, 3.05) is 7.11 Å². The maximum Gasteiger partial charge on any atom is 0.240 e. The zero-order valence-corrected chi connectivity index (χ0v) is 12.7. The molecule has 0 atom stereocenters. The van der Waals surface area contributed by atoms with Crippen molar-refractivity contribution in [2.45, 2.75) is 39.8 Å². The average Bonchev–Trinajstić information content (AvgIpc) is 2.84. The summed E-state index contributed by atoms with van der Waals surface area (Å²) in [7, 11) is 1.64. The maximum absolute atomic E-state index is 5.37. The van der Waals surface area contributed by atoms with E-state index in [0.717, 1.165) is 16.9 Å². The zero-order chi connectivity index (χ0) is 14.8. The first-order valence-electron chi connectivity index (χ1n) is 6.62. The van der Waals surface area contributed by atoms with Gasteiger partial charge in [-0.25, -0.2) is 0 Å². The van der Waals surface area contributed by atoms with Gasteiger partial charge in [0.1, 0.15) is 5.75 Å². The molecule has 2 aromatic rings. The van der Waals surface area contributed by atoms with Crippen LogP contribution >= 0.6 is 0 Å². The lowest BCUT2D eigenvalue weighted by Gasteiger charge is -2.18. The fourth-order valence-corrected chi connectivity index (χ4v) is 1.76. The van der Waals surface area contributed by atoms with Crippen LogP contribution in [0.15, 0.2) is 22.7 Å². The number of rotatable bonds is 4. The Morgan fingerprint density at radius 3 is 2.70 bits per heavy atom. The molecule has 0 fully saturated rings. The number of benzene rings is 1. The molecule has 0 aliphatic heterocycles. The summed E-state index contributed by atoms with van der Waals surface area (Å²) in [6.07, 6.45) is 0. The van der Waals surface area contributed by atoms with Gasteiger partial charge in [0.15, 0.2) is 0 Å². The van der Waals surface area contributed by atoms with Crippen molar-refractivity contribution in [2.24, 2.45) is 0 Å². The Labute approximate surface area is 119 Å². The number of aromatic nitrogens is 2. The van der Waals surface area contributed by atoms with Crippen LogP contribution in [0.1, 0.15) is 32.2 Å². The summed E-state index contributed by atoms with van der Waals surface area (Å²) in [5.74, 6) is 1.87. The van der Waals surface area contributed by atoms with E-state index in [-0.39, 0.29) is 5.54 Å². The Morgan fingerprint density at radius 1 is 1.30 bits per heavy atom. The van der Waals surface area contributed by atoms with Gasteiger partial charge in [0.05, 0.1) is 19.2 Å². The van der Waals surface area contributed by atoms with Gasteiger partial charge in [-0.05, 0) is 45.4 Å². The molecule has 5 nitrogen and oxygen atoms in total. The highest BCUT2D eigenvalue weighted by atomic mass is 16.5. The fourth-order valence-electron chi connectivity index (χ4n) is 1.76. The smallest absolute Gasteiger partial charge is 0.240 e. The number of nitrogens with one attached hydrogen (secondary N) is 1. The van der Waals surface area contributed by atoms with Gasteiger partial charge in [-0.3, -0.25) is 0 Å². The Hall–Kier alpha value is -1.88. The maximum atomic E-state index is 5.37. The second-order valence-electron chi connectivity index (χ2n) is 5.82. The van der Waals surface area contributed by atoms with Gasteiger partial charge in [0.25, 0.3) is 0 Å². The lowest BCUT2D eigenvalue weighted by atomic mass is 10.1. The molecule has 0 aliphatic carbocycles. The number of methoxy groups -OCH3 is 1. The van der Waals surface area contributed by atoms with Crippen molar-refractivity contribution in [1.82, 2.24) is 15.5 Å². The molecule has 0 saturated heterocycles. The summed E-state index contributed by atoms with van der Waals surface area (Å²) in [6.45, 7) is 8.83. The highest BCUT2D eigenvalue weighted by Gasteiger charge is 2.15. The summed E-state index contributed by atoms with van der Waals surface area (Å²) in [5, 5.41) is 7.33. The van der Waals surface area contributed by atoms with Crippen LogP contribution in [0, 0.1) is 6.92 Å². The van der Waals surface area contributed by atoms with Gasteiger partial charge in [-0.15, -0.1) is 0 Å². The lowest BCUT2D eigenvalue weighted by Crippen LogP contribution is -2.35. The molecule has 1 heterocycles. The van der Waals surface area contributed by atoms with E-state index in [1.807, 2.05) is 25.1 Å². The molecule has 2 rings (SSSR count). The molecule has 1 aromatic heterocycles. The van der Waals surface area contributed by atoms with Crippen LogP contribution in [-0.4, -0.2) is 22.8 Å². The van der Waals surface area contributed by atoms with E-state index >= 15 is 0 Å². The first-order valence-corrected chi connectivity index (χ1v) is 6.62. The van der Waals surface area contributed by atoms with E-state index in [2.05, 4.69) is 36.2 Å². The van der Waals surface area contributed by atoms with Crippen molar-refractivity contribution in [3.8, 4) is 17.1 Å². The number of ether oxygens (including phenoxy) is 1. The van der Waals surface area contributed by atoms with E-state index in [4.69, 9.17) is 9.26 Å². The Kier molecular flexibility index (Phi) is 4.09. The van der Waals surface area contributed by atoms with Gasteiger partial charge < -0.3 is 14.6 Å². The van der Waals surface area contributed by atoms with Crippen LogP contribution in [0.2, 0.25) is 0 Å². The second-order valence-corrected chi connectivity index (χ2v) is 5.82. The number of hydrogen-bond acceptors (Lipinski definition) is 5. The van der Waals surface area contributed by atoms with Crippen molar-refractivity contribution >= 4 is 0 Å². The summed E-state index contributed by atoms with van der Waals surface area (Å²) < 4.78 is 10.6. The van der Waals surface area contributed by atoms with Crippen LogP contribution in [0.3, 0.4) is 0 Å². The molecule has 0 bridgehead atoms. The standard InChI is InChI=1S/C15H21N3O2/c1-10-6-7-11(12(8-10)19-5)14-17-13(20-18-14)9-16-15(2,3)4/h6-8,16H,9H2,1-5H3. The number of aryl methyl sites for hydroxylation is 1. The topological polar surface area (TPSA) is 60.2 Å². The molecule has 0 saturated carbocycles. The molecule has 0 unspecified atom stereocenters. The van der Waals surface area contributed by atoms with Crippen molar-refractivity contribution in [3.63, 3.8) is 0 Å². The predicted octanol–water partition coefficient (Wildman–Crippen LogP) is 2.94. The normalized spacial score (nSPS) is 11.7. The molecule has 0 aliphatic rings. The average molecular weight is 275 g/mol. The first kappa shape index (κ1) is 14.5. The quantitative estimate of drug-likeness (QED) is 0.929. The molecule has 0 amide bonds. The third-order valence-corrected chi connectivity index (χ3v) is 2.84. The predicted molar refractivity (Wildman–Crippen MR) is 77.6 cm³/mol. The van der Waals surface area contributed by atoms with E-state index in [1.54, 1.807) is 7.11 Å². The summed E-state index contributed by atoms with van der Waals surface area (Å²) in [4.78, 5) is 4.40. The summed E-state index contributed by atoms with van der Waals surface area (Å²) >= 11 is 0. The fraction of sp³-hybridized carbons (Fsp3) is 0.467. The Balaban J connectivity index is 2.20. The summed E-state index contributed by atoms with van der Waals surface area (Å²) in [5.41, 5.74) is 1.98. The third-order valence-electron chi connectivity index (χ3n) is 2.84. The van der Waals surface area contributed by atoms with Gasteiger partial charge in [0.2, 0.25) is 11.7 Å². The second kappa shape index (κ2) is 5.63. The largest absolute Gasteiger partial charge is 0.496 e. The van der Waals surface area contributed by atoms with Gasteiger partial charge >= 0.3 is 0 Å². The minimum absolute atomic E-state index is 0.0101. The molecule has 1 aromatic carbocycles. The van der Waals surface area contributed by atoms with Gasteiger partial charge in [-0.1, -0.05) is 11.2 Å². The third kappa shape index (κ3) is 3.57. The molecule has 0 radical (unpaired) electrons. The van der Waals surface area contributed by atoms with Crippen LogP contribution in [0.5, 0.6) is 5.75 Å². The number of hydrogen-bond donors (Lipinski definition) is 1. The highest BCUT2D eigenvalue weighted by Crippen LogP contribution is 2.28. The van der Waals surface area contributed by atoms with Crippen LogP contribution in [-0.2, 0) is 6.54 Å². The highest BCUT2D eigenvalue weighted by molar-refractivity contribution is 5.64. The Bertz CT molecular complexity index is 585. The van der Waals surface area contributed by atoms with E-state index in [1.165, 1.54) is 0 Å². The van der Waals surface area contributed by atoms with Crippen LogP contribution in [0.25, 0.3) is 11.4 Å². The van der Waals surface area contributed by atoms with E-state index in [0.29, 0.717) is 18.3 Å². The molecule has 1 N–H and O–H groups in total. The monoisotopic (exact) mass is 275 g/mol. The number of nitrogens with zero attached hydrogens (tertiary/aromatic N) is 2. The molecule has 20 heavy (non-hydrogen) atoms. The van der Waals surface area contributed by atoms with E-state index < -0.39 is 0 Å². The summed E-state index contributed by atoms with van der Waals surface area (Å²) in [6, 6.07) is 5.90. The minimum atomic E-state index is 0.0101. The molecule has 0 spiro atoms. The molecule has 5 heteroatoms. The van der Waals surface area contributed by atoms with Gasteiger partial charge in [-0.2, -0.15) is 4.98 Å². The van der Waals surface area contributed by atoms with Crippen LogP contribution in [0.4, 0.5) is 0 Å². The SMILES string of the molecule is COc1cc(C)ccc1-c1noc(CNC(C)(C)C)n1. The zero-order valence-electron chi connectivity index (χ0n) is 12.7. The first-order chi connectivity index (χ1) is 9.39. The molecule has 108 valence electrons. The van der Waals surface area contributed by atoms with Gasteiger partial charge in [0, 0.05) is 5.54 Å². The van der Waals surface area contributed by atoms with Crippen molar-refractivity contribution in [1.29, 1.82) is 0 Å².